The van der Waals surface area contributed by atoms with Crippen LogP contribution in [0.15, 0.2) is 0 Å². The Kier molecular flexibility index (Phi) is 5.01. The van der Waals surface area contributed by atoms with E-state index in [-0.39, 0.29) is 6.61 Å². The van der Waals surface area contributed by atoms with Crippen molar-refractivity contribution in [1.82, 2.24) is 4.98 Å². The number of hydrogen-bond acceptors (Lipinski definition) is 4. The Morgan fingerprint density at radius 1 is 1.28 bits per heavy atom. The number of aryl methyl sites for hydroxylation is 1. The van der Waals surface area contributed by atoms with Gasteiger partial charge in [-0.05, 0) is 26.2 Å². The molecule has 0 unspecified atom stereocenters. The number of rotatable bonds is 5. The molecule has 0 aromatic carbocycles. The molecule has 0 saturated heterocycles. The van der Waals surface area contributed by atoms with Crippen LogP contribution in [-0.4, -0.2) is 22.7 Å². The zero-order valence-corrected chi connectivity index (χ0v) is 12.3. The molecular weight excluding hydrogens is 244 g/mol. The van der Waals surface area contributed by atoms with Crippen LogP contribution in [0.5, 0.6) is 0 Å². The normalized spacial score (nSPS) is 17.1. The average molecular weight is 268 g/mol. The summed E-state index contributed by atoms with van der Waals surface area (Å²) >= 11 is 1.68. The lowest BCUT2D eigenvalue weighted by Gasteiger charge is -2.33. The van der Waals surface area contributed by atoms with Crippen molar-refractivity contribution in [2.75, 3.05) is 11.4 Å². The van der Waals surface area contributed by atoms with Gasteiger partial charge in [-0.2, -0.15) is 0 Å². The predicted octanol–water partition coefficient (Wildman–Crippen LogP) is 3.36. The Balaban J connectivity index is 2.18. The van der Waals surface area contributed by atoms with Crippen molar-refractivity contribution in [3.63, 3.8) is 0 Å². The number of hydrogen-bond donors (Lipinski definition) is 1. The molecule has 0 amide bonds. The van der Waals surface area contributed by atoms with Crippen LogP contribution in [0.3, 0.4) is 0 Å². The van der Waals surface area contributed by atoms with Gasteiger partial charge in [0.2, 0.25) is 0 Å². The van der Waals surface area contributed by atoms with Crippen LogP contribution in [0.1, 0.15) is 56.5 Å². The van der Waals surface area contributed by atoms with Crippen molar-refractivity contribution >= 4 is 16.5 Å². The first-order chi connectivity index (χ1) is 8.80. The fourth-order valence-corrected chi connectivity index (χ4v) is 3.98. The minimum atomic E-state index is 0.128. The molecule has 1 aromatic heterocycles. The maximum atomic E-state index is 9.38. The maximum absolute atomic E-state index is 9.38. The highest BCUT2D eigenvalue weighted by Gasteiger charge is 2.23. The second-order valence-electron chi connectivity index (χ2n) is 4.96. The van der Waals surface area contributed by atoms with E-state index in [2.05, 4.69) is 18.7 Å². The highest BCUT2D eigenvalue weighted by molar-refractivity contribution is 7.15. The second kappa shape index (κ2) is 6.53. The molecule has 102 valence electrons. The Morgan fingerprint density at radius 2 is 2.00 bits per heavy atom. The van der Waals surface area contributed by atoms with Crippen molar-refractivity contribution in [2.24, 2.45) is 0 Å². The van der Waals surface area contributed by atoms with Crippen LogP contribution in [0, 0.1) is 0 Å². The highest BCUT2D eigenvalue weighted by atomic mass is 32.1. The zero-order valence-electron chi connectivity index (χ0n) is 11.5. The molecule has 1 aliphatic rings. The van der Waals surface area contributed by atoms with Gasteiger partial charge >= 0.3 is 0 Å². The van der Waals surface area contributed by atoms with Gasteiger partial charge in [-0.1, -0.05) is 37.5 Å². The molecule has 0 atom stereocenters. The van der Waals surface area contributed by atoms with E-state index in [1.54, 1.807) is 11.3 Å². The molecule has 1 saturated carbocycles. The smallest absolute Gasteiger partial charge is 0.186 e. The number of nitrogens with zero attached hydrogens (tertiary/aromatic N) is 2. The lowest BCUT2D eigenvalue weighted by molar-refractivity contribution is 0.284. The molecule has 1 N–H and O–H groups in total. The van der Waals surface area contributed by atoms with Gasteiger partial charge in [0.15, 0.2) is 5.13 Å². The zero-order chi connectivity index (χ0) is 13.0. The summed E-state index contributed by atoms with van der Waals surface area (Å²) in [6.07, 6.45) is 7.58. The topological polar surface area (TPSA) is 36.4 Å². The standard InChI is InChI=1S/C14H24N2OS/c1-3-12-13(10-17)18-14(15-12)16(4-2)11-8-6-5-7-9-11/h11,17H,3-10H2,1-2H3. The monoisotopic (exact) mass is 268 g/mol. The van der Waals surface area contributed by atoms with Gasteiger partial charge in [0.05, 0.1) is 17.2 Å². The summed E-state index contributed by atoms with van der Waals surface area (Å²) in [6, 6.07) is 0.658. The SMILES string of the molecule is CCc1nc(N(CC)C2CCCCC2)sc1CO. The number of aromatic nitrogens is 1. The van der Waals surface area contributed by atoms with Gasteiger partial charge in [0.1, 0.15) is 0 Å². The summed E-state index contributed by atoms with van der Waals surface area (Å²) < 4.78 is 0. The largest absolute Gasteiger partial charge is 0.391 e. The van der Waals surface area contributed by atoms with Crippen molar-refractivity contribution in [1.29, 1.82) is 0 Å². The quantitative estimate of drug-likeness (QED) is 0.889. The van der Waals surface area contributed by atoms with E-state index in [4.69, 9.17) is 4.98 Å². The first-order valence-electron chi connectivity index (χ1n) is 7.16. The van der Waals surface area contributed by atoms with Crippen LogP contribution >= 0.6 is 11.3 Å². The number of anilines is 1. The van der Waals surface area contributed by atoms with Gasteiger partial charge in [0.25, 0.3) is 0 Å². The van der Waals surface area contributed by atoms with Gasteiger partial charge in [-0.15, -0.1) is 0 Å². The number of aliphatic hydroxyl groups is 1. The fraction of sp³-hybridized carbons (Fsp3) is 0.786. The number of thiazole rings is 1. The van der Waals surface area contributed by atoms with Crippen molar-refractivity contribution in [2.45, 2.75) is 65.0 Å². The Labute approximate surface area is 114 Å². The fourth-order valence-electron chi connectivity index (χ4n) is 2.83. The maximum Gasteiger partial charge on any atom is 0.186 e. The Bertz CT molecular complexity index is 350. The molecule has 18 heavy (non-hydrogen) atoms. The van der Waals surface area contributed by atoms with Crippen molar-refractivity contribution < 1.29 is 5.11 Å². The molecule has 0 radical (unpaired) electrons. The molecule has 0 bridgehead atoms. The molecule has 1 fully saturated rings. The van der Waals surface area contributed by atoms with Crippen molar-refractivity contribution in [3.05, 3.63) is 10.6 Å². The molecule has 2 rings (SSSR count). The summed E-state index contributed by atoms with van der Waals surface area (Å²) in [5.74, 6) is 0. The summed E-state index contributed by atoms with van der Waals surface area (Å²) in [6.45, 7) is 5.46. The van der Waals surface area contributed by atoms with E-state index in [1.807, 2.05) is 0 Å². The predicted molar refractivity (Wildman–Crippen MR) is 77.3 cm³/mol. The van der Waals surface area contributed by atoms with E-state index >= 15 is 0 Å². The third-order valence-electron chi connectivity index (χ3n) is 3.85. The van der Waals surface area contributed by atoms with Gasteiger partial charge in [0, 0.05) is 12.6 Å². The lowest BCUT2D eigenvalue weighted by atomic mass is 9.94. The second-order valence-corrected chi connectivity index (χ2v) is 6.02. The summed E-state index contributed by atoms with van der Waals surface area (Å²) in [4.78, 5) is 8.22. The minimum absolute atomic E-state index is 0.128. The third kappa shape index (κ3) is 2.86. The van der Waals surface area contributed by atoms with E-state index in [1.165, 1.54) is 32.1 Å². The molecule has 1 heterocycles. The molecule has 4 heteroatoms. The molecule has 3 nitrogen and oxygen atoms in total. The minimum Gasteiger partial charge on any atom is -0.391 e. The Morgan fingerprint density at radius 3 is 2.50 bits per heavy atom. The molecule has 1 aliphatic carbocycles. The lowest BCUT2D eigenvalue weighted by Crippen LogP contribution is -2.36. The molecule has 1 aromatic rings. The molecule has 0 spiro atoms. The van der Waals surface area contributed by atoms with Crippen LogP contribution in [0.25, 0.3) is 0 Å². The van der Waals surface area contributed by atoms with Crippen LogP contribution in [0.2, 0.25) is 0 Å². The molecule has 0 aliphatic heterocycles. The summed E-state index contributed by atoms with van der Waals surface area (Å²) in [5, 5.41) is 10.5. The Hall–Kier alpha value is -0.610. The highest BCUT2D eigenvalue weighted by Crippen LogP contribution is 2.32. The number of aliphatic hydroxyl groups excluding tert-OH is 1. The van der Waals surface area contributed by atoms with Crippen molar-refractivity contribution in [3.8, 4) is 0 Å². The van der Waals surface area contributed by atoms with Gasteiger partial charge < -0.3 is 10.0 Å². The third-order valence-corrected chi connectivity index (χ3v) is 4.97. The van der Waals surface area contributed by atoms with Crippen LogP contribution in [0.4, 0.5) is 5.13 Å². The van der Waals surface area contributed by atoms with Gasteiger partial charge in [-0.25, -0.2) is 4.98 Å². The van der Waals surface area contributed by atoms with Crippen LogP contribution in [-0.2, 0) is 13.0 Å². The molecular formula is C14H24N2OS. The van der Waals surface area contributed by atoms with E-state index in [0.717, 1.165) is 28.7 Å². The van der Waals surface area contributed by atoms with Gasteiger partial charge in [-0.3, -0.25) is 0 Å². The first kappa shape index (κ1) is 13.8. The summed E-state index contributed by atoms with van der Waals surface area (Å²) in [5.41, 5.74) is 1.08. The van der Waals surface area contributed by atoms with E-state index in [0.29, 0.717) is 6.04 Å². The average Bonchev–Trinajstić information content (AvgIpc) is 2.84. The summed E-state index contributed by atoms with van der Waals surface area (Å²) in [7, 11) is 0. The van der Waals surface area contributed by atoms with E-state index < -0.39 is 0 Å². The first-order valence-corrected chi connectivity index (χ1v) is 7.97. The van der Waals surface area contributed by atoms with E-state index in [9.17, 15) is 5.11 Å². The van der Waals surface area contributed by atoms with Crippen LogP contribution < -0.4 is 4.90 Å².